The molecule has 0 aliphatic carbocycles. The topological polar surface area (TPSA) is 58.2 Å². The lowest BCUT2D eigenvalue weighted by molar-refractivity contribution is 0.560. The first-order valence-corrected chi connectivity index (χ1v) is 7.65. The second-order valence-electron chi connectivity index (χ2n) is 4.53. The molecule has 0 spiro atoms. The Bertz CT molecular complexity index is 501. The molecule has 0 saturated heterocycles. The fraction of sp³-hybridized carbons (Fsp3) is 0.500. The van der Waals surface area contributed by atoms with Crippen LogP contribution in [0.4, 0.5) is 0 Å². The van der Waals surface area contributed by atoms with Gasteiger partial charge in [0.1, 0.15) is 0 Å². The molecule has 0 saturated carbocycles. The molecule has 18 heavy (non-hydrogen) atoms. The Morgan fingerprint density at radius 1 is 1.33 bits per heavy atom. The average molecular weight is 291 g/mol. The van der Waals surface area contributed by atoms with Gasteiger partial charge in [-0.15, -0.1) is 0 Å². The largest absolute Gasteiger partial charge is 0.316 e. The summed E-state index contributed by atoms with van der Waals surface area (Å²) in [6, 6.07) is 4.73. The summed E-state index contributed by atoms with van der Waals surface area (Å²) in [4.78, 5) is 0.248. The fourth-order valence-corrected chi connectivity index (χ4v) is 2.85. The molecule has 2 N–H and O–H groups in total. The van der Waals surface area contributed by atoms with Crippen molar-refractivity contribution in [3.05, 3.63) is 28.8 Å². The highest BCUT2D eigenvalue weighted by Crippen LogP contribution is 2.20. The van der Waals surface area contributed by atoms with Crippen molar-refractivity contribution in [3.63, 3.8) is 0 Å². The van der Waals surface area contributed by atoms with Crippen LogP contribution in [0.25, 0.3) is 0 Å². The first-order chi connectivity index (χ1) is 8.36. The summed E-state index contributed by atoms with van der Waals surface area (Å²) in [5.41, 5.74) is 0.770. The molecule has 1 rings (SSSR count). The lowest BCUT2D eigenvalue weighted by Crippen LogP contribution is -2.27. The van der Waals surface area contributed by atoms with Gasteiger partial charge in [0.15, 0.2) is 0 Å². The number of sulfonamides is 1. The van der Waals surface area contributed by atoms with Crippen molar-refractivity contribution in [1.82, 2.24) is 10.0 Å². The van der Waals surface area contributed by atoms with Crippen LogP contribution >= 0.6 is 11.6 Å². The van der Waals surface area contributed by atoms with Gasteiger partial charge >= 0.3 is 0 Å². The molecule has 0 aliphatic rings. The van der Waals surface area contributed by atoms with Crippen molar-refractivity contribution in [2.45, 2.75) is 25.3 Å². The van der Waals surface area contributed by atoms with Crippen LogP contribution in [0.3, 0.4) is 0 Å². The molecular weight excluding hydrogens is 272 g/mol. The Hall–Kier alpha value is -0.620. The lowest BCUT2D eigenvalue weighted by Gasteiger charge is -2.11. The summed E-state index contributed by atoms with van der Waals surface area (Å²) in [7, 11) is -1.66. The molecule has 0 aliphatic heterocycles. The Kier molecular flexibility index (Phi) is 5.59. The zero-order valence-corrected chi connectivity index (χ0v) is 12.4. The minimum Gasteiger partial charge on any atom is -0.316 e. The summed E-state index contributed by atoms with van der Waals surface area (Å²) in [5.74, 6) is 0.267. The van der Waals surface area contributed by atoms with E-state index in [4.69, 9.17) is 11.6 Å². The molecule has 6 heteroatoms. The summed E-state index contributed by atoms with van der Waals surface area (Å²) in [5, 5.41) is 3.52. The van der Waals surface area contributed by atoms with Gasteiger partial charge in [-0.3, -0.25) is 0 Å². The van der Waals surface area contributed by atoms with E-state index in [0.29, 0.717) is 18.1 Å². The van der Waals surface area contributed by atoms with Crippen molar-refractivity contribution in [3.8, 4) is 0 Å². The number of halogens is 1. The van der Waals surface area contributed by atoms with Crippen molar-refractivity contribution < 1.29 is 8.42 Å². The molecule has 1 aromatic carbocycles. The smallest absolute Gasteiger partial charge is 0.240 e. The van der Waals surface area contributed by atoms with E-state index in [2.05, 4.69) is 10.0 Å². The van der Waals surface area contributed by atoms with Gasteiger partial charge in [-0.1, -0.05) is 25.4 Å². The van der Waals surface area contributed by atoms with E-state index in [1.165, 1.54) is 6.07 Å². The third-order valence-corrected chi connectivity index (χ3v) is 4.17. The van der Waals surface area contributed by atoms with E-state index in [9.17, 15) is 8.42 Å². The fourth-order valence-electron chi connectivity index (χ4n) is 1.40. The van der Waals surface area contributed by atoms with Crippen molar-refractivity contribution in [2.24, 2.45) is 5.92 Å². The van der Waals surface area contributed by atoms with Crippen molar-refractivity contribution in [2.75, 3.05) is 13.6 Å². The zero-order valence-electron chi connectivity index (χ0n) is 10.8. The van der Waals surface area contributed by atoms with E-state index in [1.54, 1.807) is 19.2 Å². The molecule has 0 bridgehead atoms. The normalized spacial score (nSPS) is 12.1. The second kappa shape index (κ2) is 6.52. The van der Waals surface area contributed by atoms with Crippen LogP contribution in [-0.4, -0.2) is 22.0 Å². The van der Waals surface area contributed by atoms with Crippen LogP contribution in [0.5, 0.6) is 0 Å². The van der Waals surface area contributed by atoms with Gasteiger partial charge in [0.05, 0.1) is 4.90 Å². The maximum atomic E-state index is 12.0. The first kappa shape index (κ1) is 15.4. The SMILES string of the molecule is CNCc1cc(S(=O)(=O)NCC(C)C)ccc1Cl. The van der Waals surface area contributed by atoms with Gasteiger partial charge in [-0.2, -0.15) is 0 Å². The maximum absolute atomic E-state index is 12.0. The molecular formula is C12H19ClN2O2S. The highest BCUT2D eigenvalue weighted by molar-refractivity contribution is 7.89. The molecule has 0 fully saturated rings. The van der Waals surface area contributed by atoms with Gasteiger partial charge in [0.2, 0.25) is 10.0 Å². The van der Waals surface area contributed by atoms with E-state index in [1.807, 2.05) is 13.8 Å². The Morgan fingerprint density at radius 2 is 2.00 bits per heavy atom. The molecule has 4 nitrogen and oxygen atoms in total. The van der Waals surface area contributed by atoms with E-state index < -0.39 is 10.0 Å². The number of rotatable bonds is 6. The monoisotopic (exact) mass is 290 g/mol. The summed E-state index contributed by atoms with van der Waals surface area (Å²) in [6.45, 7) is 4.87. The van der Waals surface area contributed by atoms with E-state index in [0.717, 1.165) is 5.56 Å². The number of hydrogen-bond acceptors (Lipinski definition) is 3. The number of hydrogen-bond donors (Lipinski definition) is 2. The van der Waals surface area contributed by atoms with Crippen LogP contribution in [-0.2, 0) is 16.6 Å². The van der Waals surface area contributed by atoms with Crippen molar-refractivity contribution >= 4 is 21.6 Å². The van der Waals surface area contributed by atoms with Gasteiger partial charge in [0.25, 0.3) is 0 Å². The van der Waals surface area contributed by atoms with Crippen LogP contribution in [0.1, 0.15) is 19.4 Å². The highest BCUT2D eigenvalue weighted by atomic mass is 35.5. The molecule has 102 valence electrons. The van der Waals surface area contributed by atoms with Crippen LogP contribution in [0, 0.1) is 5.92 Å². The first-order valence-electron chi connectivity index (χ1n) is 5.79. The van der Waals surface area contributed by atoms with E-state index >= 15 is 0 Å². The highest BCUT2D eigenvalue weighted by Gasteiger charge is 2.15. The Morgan fingerprint density at radius 3 is 2.56 bits per heavy atom. The molecule has 0 radical (unpaired) electrons. The lowest BCUT2D eigenvalue weighted by atomic mass is 10.2. The molecule has 0 atom stereocenters. The number of nitrogens with one attached hydrogen (secondary N) is 2. The standard InChI is InChI=1S/C12H19ClN2O2S/c1-9(2)7-15-18(16,17)11-4-5-12(13)10(6-11)8-14-3/h4-6,9,14-15H,7-8H2,1-3H3. The Labute approximate surface area is 114 Å². The minimum atomic E-state index is -3.45. The molecule has 1 aromatic rings. The third-order valence-electron chi connectivity index (χ3n) is 2.38. The molecule has 0 aromatic heterocycles. The average Bonchev–Trinajstić information content (AvgIpc) is 2.29. The minimum absolute atomic E-state index is 0.248. The molecule has 0 heterocycles. The summed E-state index contributed by atoms with van der Waals surface area (Å²) in [6.07, 6.45) is 0. The van der Waals surface area contributed by atoms with Gasteiger partial charge in [-0.05, 0) is 36.7 Å². The molecule has 0 amide bonds. The zero-order chi connectivity index (χ0) is 13.8. The third kappa shape index (κ3) is 4.24. The predicted molar refractivity (Wildman–Crippen MR) is 74.2 cm³/mol. The second-order valence-corrected chi connectivity index (χ2v) is 6.70. The summed E-state index contributed by atoms with van der Waals surface area (Å²) >= 11 is 6.00. The van der Waals surface area contributed by atoms with Gasteiger partial charge in [-0.25, -0.2) is 13.1 Å². The van der Waals surface area contributed by atoms with Crippen LogP contribution in [0.2, 0.25) is 5.02 Å². The van der Waals surface area contributed by atoms with Crippen LogP contribution in [0.15, 0.2) is 23.1 Å². The van der Waals surface area contributed by atoms with Crippen molar-refractivity contribution in [1.29, 1.82) is 0 Å². The van der Waals surface area contributed by atoms with E-state index in [-0.39, 0.29) is 10.8 Å². The summed E-state index contributed by atoms with van der Waals surface area (Å²) < 4.78 is 26.6. The number of benzene rings is 1. The quantitative estimate of drug-likeness (QED) is 0.842. The maximum Gasteiger partial charge on any atom is 0.240 e. The Balaban J connectivity index is 2.98. The van der Waals surface area contributed by atoms with Gasteiger partial charge in [0, 0.05) is 18.1 Å². The van der Waals surface area contributed by atoms with Gasteiger partial charge < -0.3 is 5.32 Å². The predicted octanol–water partition coefficient (Wildman–Crippen LogP) is 1.99. The van der Waals surface area contributed by atoms with Crippen LogP contribution < -0.4 is 10.0 Å². The molecule has 0 unspecified atom stereocenters.